The number of nitrogens with zero attached hydrogens (tertiary/aromatic N) is 1. The molecule has 1 aliphatic heterocycles. The van der Waals surface area contributed by atoms with E-state index in [2.05, 4.69) is 5.32 Å². The van der Waals surface area contributed by atoms with Crippen LogP contribution in [0.3, 0.4) is 0 Å². The highest BCUT2D eigenvalue weighted by atomic mass is 16.2. The number of carbonyl (C=O) groups is 2. The Morgan fingerprint density at radius 2 is 1.67 bits per heavy atom. The minimum Gasteiger partial charge on any atom is -0.317 e. The molecule has 0 fully saturated rings. The van der Waals surface area contributed by atoms with Crippen LogP contribution in [0.15, 0.2) is 42.5 Å². The van der Waals surface area contributed by atoms with Crippen LogP contribution in [-0.4, -0.2) is 18.4 Å². The molecule has 2 aromatic carbocycles. The van der Waals surface area contributed by atoms with Crippen molar-refractivity contribution in [3.8, 4) is 0 Å². The molecule has 3 rings (SSSR count). The molecule has 1 N–H and O–H groups in total. The topological polar surface area (TPSA) is 49.4 Å². The molecule has 0 saturated heterocycles. The van der Waals surface area contributed by atoms with Crippen LogP contribution in [0.1, 0.15) is 30.5 Å². The Morgan fingerprint density at radius 1 is 1.00 bits per heavy atom. The molecule has 24 heavy (non-hydrogen) atoms. The van der Waals surface area contributed by atoms with Gasteiger partial charge in [-0.15, -0.1) is 0 Å². The highest BCUT2D eigenvalue weighted by Crippen LogP contribution is 2.28. The summed E-state index contributed by atoms with van der Waals surface area (Å²) in [6.07, 6.45) is 2.41. The number of nitrogens with one attached hydrogen (secondary N) is 1. The van der Waals surface area contributed by atoms with E-state index in [9.17, 15) is 9.59 Å². The van der Waals surface area contributed by atoms with Crippen LogP contribution in [0, 0.1) is 0 Å². The molecule has 1 heterocycles. The van der Waals surface area contributed by atoms with Gasteiger partial charge in [-0.05, 0) is 42.0 Å². The number of anilines is 2. The van der Waals surface area contributed by atoms with Gasteiger partial charge in [-0.25, -0.2) is 0 Å². The van der Waals surface area contributed by atoms with E-state index in [1.54, 1.807) is 4.90 Å². The monoisotopic (exact) mass is 322 g/mol. The van der Waals surface area contributed by atoms with E-state index >= 15 is 0 Å². The predicted octanol–water partition coefficient (Wildman–Crippen LogP) is 3.34. The van der Waals surface area contributed by atoms with E-state index in [1.807, 2.05) is 56.3 Å². The first-order chi connectivity index (χ1) is 11.7. The molecule has 0 bridgehead atoms. The summed E-state index contributed by atoms with van der Waals surface area (Å²) in [5.41, 5.74) is 4.85. The molecule has 0 spiro atoms. The number of carbonyl (C=O) groups excluding carboxylic acids is 2. The van der Waals surface area contributed by atoms with Crippen LogP contribution in [-0.2, 0) is 28.9 Å². The third-order valence-electron chi connectivity index (χ3n) is 4.56. The lowest BCUT2D eigenvalue weighted by Crippen LogP contribution is -2.39. The summed E-state index contributed by atoms with van der Waals surface area (Å²) in [7, 11) is 0. The van der Waals surface area contributed by atoms with Crippen molar-refractivity contribution in [1.29, 1.82) is 0 Å². The van der Waals surface area contributed by atoms with E-state index in [0.29, 0.717) is 6.54 Å². The minimum atomic E-state index is -0.567. The van der Waals surface area contributed by atoms with Gasteiger partial charge in [-0.1, -0.05) is 50.2 Å². The molecule has 2 aromatic rings. The molecule has 124 valence electrons. The minimum absolute atomic E-state index is 0.493. The predicted molar refractivity (Wildman–Crippen MR) is 96.3 cm³/mol. The summed E-state index contributed by atoms with van der Waals surface area (Å²) >= 11 is 0. The second-order valence-electron chi connectivity index (χ2n) is 5.95. The first-order valence-electron chi connectivity index (χ1n) is 8.47. The molecule has 0 unspecified atom stereocenters. The fourth-order valence-corrected chi connectivity index (χ4v) is 3.24. The zero-order chi connectivity index (χ0) is 17.1. The first kappa shape index (κ1) is 16.2. The average Bonchev–Trinajstić information content (AvgIpc) is 3.05. The summed E-state index contributed by atoms with van der Waals surface area (Å²) in [5.74, 6) is -1.06. The SMILES string of the molecule is CCc1cccc(CC)c1NC(=O)C(=O)N1CCc2ccccc21. The normalized spacial score (nSPS) is 12.8. The van der Waals surface area contributed by atoms with Crippen LogP contribution in [0.25, 0.3) is 0 Å². The van der Waals surface area contributed by atoms with Crippen LogP contribution in [0.5, 0.6) is 0 Å². The van der Waals surface area contributed by atoms with Crippen molar-refractivity contribution in [2.24, 2.45) is 0 Å². The maximum absolute atomic E-state index is 12.6. The molecule has 0 aromatic heterocycles. The molecule has 2 amide bonds. The van der Waals surface area contributed by atoms with Crippen LogP contribution in [0.4, 0.5) is 11.4 Å². The number of benzene rings is 2. The molecule has 0 radical (unpaired) electrons. The van der Waals surface area contributed by atoms with Crippen LogP contribution in [0.2, 0.25) is 0 Å². The number of hydrogen-bond donors (Lipinski definition) is 1. The molecular formula is C20H22N2O2. The number of rotatable bonds is 3. The number of aryl methyl sites for hydroxylation is 2. The quantitative estimate of drug-likeness (QED) is 0.881. The zero-order valence-corrected chi connectivity index (χ0v) is 14.1. The highest BCUT2D eigenvalue weighted by Gasteiger charge is 2.29. The van der Waals surface area contributed by atoms with E-state index in [4.69, 9.17) is 0 Å². The van der Waals surface area contributed by atoms with Crippen LogP contribution >= 0.6 is 0 Å². The second kappa shape index (κ2) is 6.87. The van der Waals surface area contributed by atoms with Gasteiger partial charge in [0.1, 0.15) is 0 Å². The zero-order valence-electron chi connectivity index (χ0n) is 14.1. The smallest absolute Gasteiger partial charge is 0.316 e. The van der Waals surface area contributed by atoms with Gasteiger partial charge in [0.25, 0.3) is 0 Å². The lowest BCUT2D eigenvalue weighted by molar-refractivity contribution is -0.134. The van der Waals surface area contributed by atoms with Gasteiger partial charge in [0.15, 0.2) is 0 Å². The lowest BCUT2D eigenvalue weighted by Gasteiger charge is -2.19. The van der Waals surface area contributed by atoms with Crippen molar-refractivity contribution in [2.45, 2.75) is 33.1 Å². The largest absolute Gasteiger partial charge is 0.317 e. The third-order valence-corrected chi connectivity index (χ3v) is 4.56. The fraction of sp³-hybridized carbons (Fsp3) is 0.300. The summed E-state index contributed by atoms with van der Waals surface area (Å²) < 4.78 is 0. The Bertz CT molecular complexity index is 761. The molecule has 1 aliphatic rings. The van der Waals surface area contributed by atoms with Gasteiger partial charge in [-0.3, -0.25) is 9.59 Å². The fourth-order valence-electron chi connectivity index (χ4n) is 3.24. The van der Waals surface area contributed by atoms with Crippen molar-refractivity contribution in [3.63, 3.8) is 0 Å². The Labute approximate surface area is 142 Å². The Kier molecular flexibility index (Phi) is 4.65. The van der Waals surface area contributed by atoms with E-state index in [-0.39, 0.29) is 0 Å². The van der Waals surface area contributed by atoms with Crippen LogP contribution < -0.4 is 10.2 Å². The number of para-hydroxylation sites is 2. The van der Waals surface area contributed by atoms with E-state index in [1.165, 1.54) is 0 Å². The Hall–Kier alpha value is -2.62. The van der Waals surface area contributed by atoms with Crippen molar-refractivity contribution in [1.82, 2.24) is 0 Å². The molecule has 0 saturated carbocycles. The Morgan fingerprint density at radius 3 is 2.33 bits per heavy atom. The standard InChI is InChI=1S/C20H22N2O2/c1-3-14-9-7-10-15(4-2)18(14)21-19(23)20(24)22-13-12-16-8-5-6-11-17(16)22/h5-11H,3-4,12-13H2,1-2H3,(H,21,23). The molecule has 4 nitrogen and oxygen atoms in total. The molecular weight excluding hydrogens is 300 g/mol. The van der Waals surface area contributed by atoms with Crippen molar-refractivity contribution < 1.29 is 9.59 Å². The maximum Gasteiger partial charge on any atom is 0.316 e. The number of hydrogen-bond acceptors (Lipinski definition) is 2. The van der Waals surface area contributed by atoms with Crippen molar-refractivity contribution in [3.05, 3.63) is 59.2 Å². The van der Waals surface area contributed by atoms with E-state index < -0.39 is 11.8 Å². The molecule has 0 atom stereocenters. The van der Waals surface area contributed by atoms with Gasteiger partial charge >= 0.3 is 11.8 Å². The summed E-state index contributed by atoms with van der Waals surface area (Å²) in [4.78, 5) is 26.7. The third kappa shape index (κ3) is 2.92. The summed E-state index contributed by atoms with van der Waals surface area (Å²) in [6.45, 7) is 4.65. The second-order valence-corrected chi connectivity index (χ2v) is 5.95. The number of fused-ring (bicyclic) bond motifs is 1. The van der Waals surface area contributed by atoms with Crippen molar-refractivity contribution >= 4 is 23.2 Å². The van der Waals surface area contributed by atoms with Crippen molar-refractivity contribution in [2.75, 3.05) is 16.8 Å². The number of amides is 2. The molecule has 0 aliphatic carbocycles. The maximum atomic E-state index is 12.6. The highest BCUT2D eigenvalue weighted by molar-refractivity contribution is 6.44. The van der Waals surface area contributed by atoms with Gasteiger partial charge in [0.05, 0.1) is 0 Å². The van der Waals surface area contributed by atoms with Gasteiger partial charge in [0, 0.05) is 17.9 Å². The first-order valence-corrected chi connectivity index (χ1v) is 8.47. The van der Waals surface area contributed by atoms with E-state index in [0.717, 1.165) is 47.3 Å². The van der Waals surface area contributed by atoms with Gasteiger partial charge in [-0.2, -0.15) is 0 Å². The lowest BCUT2D eigenvalue weighted by atomic mass is 10.0. The van der Waals surface area contributed by atoms with Gasteiger partial charge in [0.2, 0.25) is 0 Å². The Balaban J connectivity index is 1.83. The summed E-state index contributed by atoms with van der Waals surface area (Å²) in [5, 5.41) is 2.86. The average molecular weight is 322 g/mol. The molecule has 4 heteroatoms. The summed E-state index contributed by atoms with van der Waals surface area (Å²) in [6, 6.07) is 13.7. The van der Waals surface area contributed by atoms with Gasteiger partial charge < -0.3 is 10.2 Å².